The molecule has 0 unspecified atom stereocenters. The third-order valence-electron chi connectivity index (χ3n) is 1.45. The second-order valence-electron chi connectivity index (χ2n) is 2.07. The molecule has 0 amide bonds. The van der Waals surface area contributed by atoms with E-state index in [9.17, 15) is 4.79 Å². The molecule has 1 rings (SSSR count). The van der Waals surface area contributed by atoms with Crippen LogP contribution in [0.5, 0.6) is 11.6 Å². The molecule has 0 spiro atoms. The normalized spacial score (nSPS) is 9.50. The number of carboxylic acid groups (broad SMARTS) is 1. The van der Waals surface area contributed by atoms with Gasteiger partial charge in [-0.2, -0.15) is 0 Å². The first-order valence-electron chi connectivity index (χ1n) is 3.23. The Bertz CT molecular complexity index is 270. The molecule has 0 radical (unpaired) electrons. The molecule has 5 nitrogen and oxygen atoms in total. The van der Waals surface area contributed by atoms with Crippen molar-refractivity contribution >= 4 is 5.97 Å². The number of carboxylic acids is 1. The van der Waals surface area contributed by atoms with Gasteiger partial charge in [0.15, 0.2) is 11.3 Å². The Hall–Kier alpha value is -1.65. The van der Waals surface area contributed by atoms with Crippen LogP contribution in [0.2, 0.25) is 0 Å². The molecular weight excluding hydrogens is 162 g/mol. The number of aromatic amines is 1. The van der Waals surface area contributed by atoms with Gasteiger partial charge in [0.05, 0.1) is 14.2 Å². The molecule has 0 fully saturated rings. The Kier molecular flexibility index (Phi) is 2.23. The summed E-state index contributed by atoms with van der Waals surface area (Å²) >= 11 is 0. The van der Waals surface area contributed by atoms with E-state index in [0.717, 1.165) is 0 Å². The van der Waals surface area contributed by atoms with Crippen molar-refractivity contribution in [3.8, 4) is 11.6 Å². The summed E-state index contributed by atoms with van der Waals surface area (Å²) in [5.41, 5.74) is 0.0139. The van der Waals surface area contributed by atoms with E-state index in [-0.39, 0.29) is 17.2 Å². The minimum absolute atomic E-state index is 0.0139. The molecule has 1 aromatic heterocycles. The van der Waals surface area contributed by atoms with E-state index < -0.39 is 5.97 Å². The zero-order chi connectivity index (χ0) is 9.14. The number of carbonyl (C=O) groups is 1. The maximum Gasteiger partial charge on any atom is 0.345 e. The van der Waals surface area contributed by atoms with Gasteiger partial charge in [0.1, 0.15) is 0 Å². The van der Waals surface area contributed by atoms with Gasteiger partial charge >= 0.3 is 5.97 Å². The highest BCUT2D eigenvalue weighted by atomic mass is 16.5. The topological polar surface area (TPSA) is 71.5 Å². The van der Waals surface area contributed by atoms with E-state index in [0.29, 0.717) is 0 Å². The van der Waals surface area contributed by atoms with Crippen LogP contribution in [0.3, 0.4) is 0 Å². The number of nitrogens with one attached hydrogen (secondary N) is 1. The number of hydrogen-bond donors (Lipinski definition) is 2. The Morgan fingerprint density at radius 3 is 2.58 bits per heavy atom. The van der Waals surface area contributed by atoms with Crippen LogP contribution in [0.25, 0.3) is 0 Å². The lowest BCUT2D eigenvalue weighted by atomic mass is 10.3. The standard InChI is InChI=1S/C7H9NO4/c1-11-4-3-8-6(12-2)5(4)7(9)10/h3,8H,1-2H3,(H,9,10). The quantitative estimate of drug-likeness (QED) is 0.703. The van der Waals surface area contributed by atoms with Crippen LogP contribution in [0.4, 0.5) is 0 Å². The van der Waals surface area contributed by atoms with Crippen molar-refractivity contribution in [2.75, 3.05) is 14.2 Å². The fraction of sp³-hybridized carbons (Fsp3) is 0.286. The highest BCUT2D eigenvalue weighted by molar-refractivity contribution is 5.93. The van der Waals surface area contributed by atoms with Gasteiger partial charge in [-0.25, -0.2) is 4.79 Å². The maximum atomic E-state index is 10.6. The minimum Gasteiger partial charge on any atom is -0.494 e. The summed E-state index contributed by atoms with van der Waals surface area (Å²) in [6.45, 7) is 0. The fourth-order valence-electron chi connectivity index (χ4n) is 0.912. The summed E-state index contributed by atoms with van der Waals surface area (Å²) in [5, 5.41) is 8.72. The molecule has 5 heteroatoms. The fourth-order valence-corrected chi connectivity index (χ4v) is 0.912. The highest BCUT2D eigenvalue weighted by Crippen LogP contribution is 2.27. The van der Waals surface area contributed by atoms with E-state index in [1.54, 1.807) is 0 Å². The summed E-state index contributed by atoms with van der Waals surface area (Å²) in [5.74, 6) is -0.622. The molecule has 0 bridgehead atoms. The lowest BCUT2D eigenvalue weighted by molar-refractivity contribution is 0.0690. The van der Waals surface area contributed by atoms with Crippen LogP contribution in [-0.2, 0) is 0 Å². The van der Waals surface area contributed by atoms with Gasteiger partial charge in [-0.1, -0.05) is 0 Å². The summed E-state index contributed by atoms with van der Waals surface area (Å²) in [6.07, 6.45) is 1.43. The van der Waals surface area contributed by atoms with Crippen molar-refractivity contribution in [3.63, 3.8) is 0 Å². The number of aromatic nitrogens is 1. The number of methoxy groups -OCH3 is 2. The van der Waals surface area contributed by atoms with Gasteiger partial charge in [-0.3, -0.25) is 0 Å². The number of aromatic carboxylic acids is 1. The largest absolute Gasteiger partial charge is 0.494 e. The average molecular weight is 171 g/mol. The van der Waals surface area contributed by atoms with Gasteiger partial charge in [-0.15, -0.1) is 0 Å². The molecule has 0 aromatic carbocycles. The second kappa shape index (κ2) is 3.17. The zero-order valence-electron chi connectivity index (χ0n) is 6.75. The molecule has 1 heterocycles. The van der Waals surface area contributed by atoms with E-state index in [1.165, 1.54) is 20.4 Å². The molecule has 0 saturated heterocycles. The molecule has 0 atom stereocenters. The Balaban J connectivity index is 3.16. The van der Waals surface area contributed by atoms with Crippen molar-refractivity contribution in [2.24, 2.45) is 0 Å². The number of H-pyrrole nitrogens is 1. The molecule has 0 saturated carbocycles. The Morgan fingerprint density at radius 1 is 1.50 bits per heavy atom. The molecule has 66 valence electrons. The van der Waals surface area contributed by atoms with E-state index in [4.69, 9.17) is 14.6 Å². The lowest BCUT2D eigenvalue weighted by Gasteiger charge is -1.99. The number of hydrogen-bond acceptors (Lipinski definition) is 3. The van der Waals surface area contributed by atoms with Gasteiger partial charge in [0, 0.05) is 6.20 Å². The van der Waals surface area contributed by atoms with Gasteiger partial charge in [0.25, 0.3) is 0 Å². The smallest absolute Gasteiger partial charge is 0.345 e. The van der Waals surface area contributed by atoms with Crippen LogP contribution in [0, 0.1) is 0 Å². The van der Waals surface area contributed by atoms with Gasteiger partial charge in [-0.05, 0) is 0 Å². The first-order valence-corrected chi connectivity index (χ1v) is 3.23. The lowest BCUT2D eigenvalue weighted by Crippen LogP contribution is -2.00. The highest BCUT2D eigenvalue weighted by Gasteiger charge is 2.19. The Labute approximate surface area is 68.9 Å². The summed E-state index contributed by atoms with van der Waals surface area (Å²) in [4.78, 5) is 13.3. The first-order chi connectivity index (χ1) is 5.70. The van der Waals surface area contributed by atoms with Gasteiger partial charge in [0.2, 0.25) is 5.88 Å². The van der Waals surface area contributed by atoms with Crippen LogP contribution in [-0.4, -0.2) is 30.3 Å². The van der Waals surface area contributed by atoms with E-state index in [1.807, 2.05) is 0 Å². The third-order valence-corrected chi connectivity index (χ3v) is 1.45. The maximum absolute atomic E-state index is 10.6. The molecule has 0 aliphatic carbocycles. The SMILES string of the molecule is COc1c[nH]c(OC)c1C(=O)O. The molecule has 0 aliphatic heterocycles. The predicted octanol–water partition coefficient (Wildman–Crippen LogP) is 0.730. The molecule has 2 N–H and O–H groups in total. The third kappa shape index (κ3) is 1.20. The number of rotatable bonds is 3. The Morgan fingerprint density at radius 2 is 2.17 bits per heavy atom. The van der Waals surface area contributed by atoms with Gasteiger partial charge < -0.3 is 19.6 Å². The monoisotopic (exact) mass is 171 g/mol. The van der Waals surface area contributed by atoms with Crippen molar-refractivity contribution in [1.82, 2.24) is 4.98 Å². The average Bonchev–Trinajstić information content (AvgIpc) is 2.46. The summed E-state index contributed by atoms with van der Waals surface area (Å²) in [7, 11) is 2.78. The first kappa shape index (κ1) is 8.45. The van der Waals surface area contributed by atoms with E-state index >= 15 is 0 Å². The molecule has 0 aliphatic rings. The van der Waals surface area contributed by atoms with E-state index in [2.05, 4.69) is 4.98 Å². The van der Waals surface area contributed by atoms with Crippen LogP contribution < -0.4 is 9.47 Å². The summed E-state index contributed by atoms with van der Waals surface area (Å²) in [6, 6.07) is 0. The zero-order valence-corrected chi connectivity index (χ0v) is 6.75. The number of ether oxygens (including phenoxy) is 2. The van der Waals surface area contributed by atoms with Crippen LogP contribution in [0.15, 0.2) is 6.20 Å². The van der Waals surface area contributed by atoms with Crippen molar-refractivity contribution < 1.29 is 19.4 Å². The van der Waals surface area contributed by atoms with Crippen molar-refractivity contribution in [2.45, 2.75) is 0 Å². The second-order valence-corrected chi connectivity index (χ2v) is 2.07. The molecule has 12 heavy (non-hydrogen) atoms. The van der Waals surface area contributed by atoms with Crippen LogP contribution in [0.1, 0.15) is 10.4 Å². The molecular formula is C7H9NO4. The van der Waals surface area contributed by atoms with Crippen molar-refractivity contribution in [3.05, 3.63) is 11.8 Å². The summed E-state index contributed by atoms with van der Waals surface area (Å²) < 4.78 is 9.57. The van der Waals surface area contributed by atoms with Crippen LogP contribution >= 0.6 is 0 Å². The minimum atomic E-state index is -1.08. The predicted molar refractivity (Wildman–Crippen MR) is 40.9 cm³/mol. The molecule has 1 aromatic rings. The van der Waals surface area contributed by atoms with Crippen molar-refractivity contribution in [1.29, 1.82) is 0 Å².